The molecular formula is C14H13N5O2. The Bertz CT molecular complexity index is 787. The van der Waals surface area contributed by atoms with Gasteiger partial charge >= 0.3 is 0 Å². The third kappa shape index (κ3) is 2.03. The average Bonchev–Trinajstić information content (AvgIpc) is 3.16. The maximum absolute atomic E-state index is 5.43. The Kier molecular flexibility index (Phi) is 2.63. The molecular weight excluding hydrogens is 270 g/mol. The molecule has 2 aromatic heterocycles. The smallest absolute Gasteiger partial charge is 0.231 e. The Labute approximate surface area is 120 Å². The molecule has 1 aliphatic rings. The number of H-pyrrole nitrogens is 1. The van der Waals surface area contributed by atoms with Crippen molar-refractivity contribution in [3.63, 3.8) is 0 Å². The minimum absolute atomic E-state index is 0.0315. The summed E-state index contributed by atoms with van der Waals surface area (Å²) in [5.41, 5.74) is 0. The number of nitrogens with zero attached hydrogens (tertiary/aromatic N) is 3. The maximum Gasteiger partial charge on any atom is 0.231 e. The van der Waals surface area contributed by atoms with Crippen LogP contribution in [0.2, 0.25) is 0 Å². The molecule has 3 aromatic rings. The Hall–Kier alpha value is -2.83. The van der Waals surface area contributed by atoms with Crippen LogP contribution < -0.4 is 14.8 Å². The second kappa shape index (κ2) is 4.62. The van der Waals surface area contributed by atoms with Gasteiger partial charge in [-0.1, -0.05) is 0 Å². The van der Waals surface area contributed by atoms with Crippen LogP contribution in [0.4, 0.5) is 5.82 Å². The molecule has 0 bridgehead atoms. The van der Waals surface area contributed by atoms with Gasteiger partial charge in [0.05, 0.1) is 6.04 Å². The topological polar surface area (TPSA) is 85.0 Å². The molecule has 1 atom stereocenters. The van der Waals surface area contributed by atoms with E-state index in [0.29, 0.717) is 0 Å². The van der Waals surface area contributed by atoms with Crippen molar-refractivity contribution in [3.05, 3.63) is 36.5 Å². The predicted molar refractivity (Wildman–Crippen MR) is 76.3 cm³/mol. The van der Waals surface area contributed by atoms with Gasteiger partial charge in [-0.2, -0.15) is 5.10 Å². The van der Waals surface area contributed by atoms with Gasteiger partial charge in [0.2, 0.25) is 6.79 Å². The average molecular weight is 283 g/mol. The summed E-state index contributed by atoms with van der Waals surface area (Å²) in [7, 11) is 0. The second-order valence-corrected chi connectivity index (χ2v) is 4.82. The number of hydrogen-bond donors (Lipinski definition) is 2. The van der Waals surface area contributed by atoms with Crippen LogP contribution in [0.5, 0.6) is 11.5 Å². The van der Waals surface area contributed by atoms with Gasteiger partial charge in [0.15, 0.2) is 11.5 Å². The molecule has 7 heteroatoms. The lowest BCUT2D eigenvalue weighted by Gasteiger charge is -2.14. The van der Waals surface area contributed by atoms with Gasteiger partial charge < -0.3 is 14.8 Å². The fourth-order valence-electron chi connectivity index (χ4n) is 2.37. The number of benzene rings is 1. The number of aromatic nitrogens is 4. The van der Waals surface area contributed by atoms with Crippen molar-refractivity contribution >= 4 is 16.6 Å². The van der Waals surface area contributed by atoms with Crippen molar-refractivity contribution in [2.45, 2.75) is 13.0 Å². The molecule has 0 radical (unpaired) electrons. The number of nitrogens with one attached hydrogen (secondary N) is 2. The highest BCUT2D eigenvalue weighted by Crippen LogP contribution is 2.38. The van der Waals surface area contributed by atoms with Crippen LogP contribution in [0.15, 0.2) is 30.7 Å². The summed E-state index contributed by atoms with van der Waals surface area (Å²) in [6.45, 7) is 2.25. The van der Waals surface area contributed by atoms with E-state index < -0.39 is 0 Å². The molecule has 1 aromatic carbocycles. The molecule has 0 saturated heterocycles. The Morgan fingerprint density at radius 1 is 1.24 bits per heavy atom. The molecule has 7 nitrogen and oxygen atoms in total. The van der Waals surface area contributed by atoms with Crippen molar-refractivity contribution in [1.82, 2.24) is 20.2 Å². The lowest BCUT2D eigenvalue weighted by atomic mass is 10.1. The van der Waals surface area contributed by atoms with Crippen LogP contribution >= 0.6 is 0 Å². The molecule has 3 heterocycles. The number of fused-ring (bicyclic) bond motifs is 2. The quantitative estimate of drug-likeness (QED) is 0.767. The Morgan fingerprint density at radius 2 is 2.10 bits per heavy atom. The number of ether oxygens (including phenoxy) is 2. The number of pyridine rings is 1. The summed E-state index contributed by atoms with van der Waals surface area (Å²) in [6.07, 6.45) is 3.25. The molecule has 0 aliphatic carbocycles. The molecule has 1 aliphatic heterocycles. The van der Waals surface area contributed by atoms with Gasteiger partial charge in [0.25, 0.3) is 0 Å². The summed E-state index contributed by atoms with van der Waals surface area (Å²) in [4.78, 5) is 8.56. The first-order valence-corrected chi connectivity index (χ1v) is 6.61. The van der Waals surface area contributed by atoms with Crippen molar-refractivity contribution in [1.29, 1.82) is 0 Å². The van der Waals surface area contributed by atoms with Crippen LogP contribution in [0.1, 0.15) is 18.8 Å². The molecule has 0 fully saturated rings. The number of hydrogen-bond acceptors (Lipinski definition) is 6. The van der Waals surface area contributed by atoms with Crippen molar-refractivity contribution < 1.29 is 9.47 Å². The SMILES string of the molecule is CC(Nc1nccc2cc3c(cc12)OCO3)c1ncn[nH]1. The van der Waals surface area contributed by atoms with Gasteiger partial charge in [0, 0.05) is 11.6 Å². The lowest BCUT2D eigenvalue weighted by Crippen LogP contribution is -2.10. The molecule has 0 spiro atoms. The molecule has 106 valence electrons. The third-order valence-corrected chi connectivity index (χ3v) is 3.45. The number of rotatable bonds is 3. The highest BCUT2D eigenvalue weighted by atomic mass is 16.7. The molecule has 0 saturated carbocycles. The standard InChI is InChI=1S/C14H13N5O2/c1-8(13-16-6-17-19-13)18-14-10-5-12-11(20-7-21-12)4-9(10)2-3-15-14/h2-6,8H,7H2,1H3,(H,15,18)(H,16,17,19). The third-order valence-electron chi connectivity index (χ3n) is 3.45. The maximum atomic E-state index is 5.43. The minimum Gasteiger partial charge on any atom is -0.454 e. The van der Waals surface area contributed by atoms with Gasteiger partial charge in [-0.05, 0) is 30.5 Å². The zero-order valence-electron chi connectivity index (χ0n) is 11.3. The molecule has 4 rings (SSSR count). The fraction of sp³-hybridized carbons (Fsp3) is 0.214. The summed E-state index contributed by atoms with van der Waals surface area (Å²) in [6, 6.07) is 5.82. The largest absolute Gasteiger partial charge is 0.454 e. The van der Waals surface area contributed by atoms with E-state index in [-0.39, 0.29) is 12.8 Å². The van der Waals surface area contributed by atoms with Gasteiger partial charge in [0.1, 0.15) is 18.0 Å². The lowest BCUT2D eigenvalue weighted by molar-refractivity contribution is 0.174. The van der Waals surface area contributed by atoms with E-state index in [1.165, 1.54) is 6.33 Å². The predicted octanol–water partition coefficient (Wildman–Crippen LogP) is 2.25. The second-order valence-electron chi connectivity index (χ2n) is 4.82. The number of anilines is 1. The van der Waals surface area contributed by atoms with Crippen LogP contribution in [0, 0.1) is 0 Å². The zero-order chi connectivity index (χ0) is 14.2. The van der Waals surface area contributed by atoms with Gasteiger partial charge in [-0.3, -0.25) is 5.10 Å². The summed E-state index contributed by atoms with van der Waals surface area (Å²) >= 11 is 0. The van der Waals surface area contributed by atoms with E-state index in [9.17, 15) is 0 Å². The van der Waals surface area contributed by atoms with Crippen LogP contribution in [-0.2, 0) is 0 Å². The van der Waals surface area contributed by atoms with E-state index >= 15 is 0 Å². The molecule has 1 unspecified atom stereocenters. The number of aromatic amines is 1. The van der Waals surface area contributed by atoms with Gasteiger partial charge in [-0.15, -0.1) is 0 Å². The highest BCUT2D eigenvalue weighted by Gasteiger charge is 2.17. The van der Waals surface area contributed by atoms with Crippen LogP contribution in [0.25, 0.3) is 10.8 Å². The summed E-state index contributed by atoms with van der Waals surface area (Å²) < 4.78 is 10.8. The van der Waals surface area contributed by atoms with Crippen molar-refractivity contribution in [3.8, 4) is 11.5 Å². The van der Waals surface area contributed by atoms with Crippen LogP contribution in [-0.4, -0.2) is 27.0 Å². The summed E-state index contributed by atoms with van der Waals surface area (Å²) in [5.74, 6) is 3.04. The molecule has 2 N–H and O–H groups in total. The molecule has 21 heavy (non-hydrogen) atoms. The van der Waals surface area contributed by atoms with E-state index in [1.807, 2.05) is 25.1 Å². The Balaban J connectivity index is 1.75. The minimum atomic E-state index is -0.0315. The first-order chi connectivity index (χ1) is 10.3. The summed E-state index contributed by atoms with van der Waals surface area (Å²) in [5, 5.41) is 12.1. The van der Waals surface area contributed by atoms with Crippen molar-refractivity contribution in [2.75, 3.05) is 12.1 Å². The van der Waals surface area contributed by atoms with Crippen LogP contribution in [0.3, 0.4) is 0 Å². The van der Waals surface area contributed by atoms with E-state index in [2.05, 4.69) is 25.5 Å². The first-order valence-electron chi connectivity index (χ1n) is 6.61. The van der Waals surface area contributed by atoms with Gasteiger partial charge in [-0.25, -0.2) is 9.97 Å². The highest BCUT2D eigenvalue weighted by molar-refractivity contribution is 5.94. The van der Waals surface area contributed by atoms with Crippen molar-refractivity contribution in [2.24, 2.45) is 0 Å². The zero-order valence-corrected chi connectivity index (χ0v) is 11.3. The van der Waals surface area contributed by atoms with E-state index in [4.69, 9.17) is 9.47 Å². The molecule has 0 amide bonds. The monoisotopic (exact) mass is 283 g/mol. The Morgan fingerprint density at radius 3 is 2.90 bits per heavy atom. The normalized spacial score (nSPS) is 14.3. The first kappa shape index (κ1) is 12.0. The van der Waals surface area contributed by atoms with E-state index in [0.717, 1.165) is 33.9 Å². The fourth-order valence-corrected chi connectivity index (χ4v) is 2.37. The van der Waals surface area contributed by atoms with E-state index in [1.54, 1.807) is 6.20 Å².